The van der Waals surface area contributed by atoms with Crippen molar-refractivity contribution in [2.24, 2.45) is 0 Å². The van der Waals surface area contributed by atoms with E-state index in [1.807, 2.05) is 0 Å². The van der Waals surface area contributed by atoms with Gasteiger partial charge in [0.05, 0.1) is 13.2 Å². The molecule has 0 aliphatic rings. The largest absolute Gasteiger partial charge is 0.462 e. The summed E-state index contributed by atoms with van der Waals surface area (Å²) in [7, 11) is 0. The van der Waals surface area contributed by atoms with Crippen LogP contribution in [0.3, 0.4) is 0 Å². The zero-order valence-electron chi connectivity index (χ0n) is 21.4. The van der Waals surface area contributed by atoms with Gasteiger partial charge < -0.3 is 9.47 Å². The van der Waals surface area contributed by atoms with Gasteiger partial charge in [-0.2, -0.15) is 0 Å². The second-order valence-corrected chi connectivity index (χ2v) is 9.03. The van der Waals surface area contributed by atoms with E-state index in [0.717, 1.165) is 12.8 Å². The second kappa shape index (κ2) is 22.6. The average molecular weight is 451 g/mol. The third-order valence-electron chi connectivity index (χ3n) is 5.70. The van der Waals surface area contributed by atoms with E-state index in [-0.39, 0.29) is 12.6 Å². The van der Waals surface area contributed by atoms with E-state index in [9.17, 15) is 9.59 Å². The summed E-state index contributed by atoms with van der Waals surface area (Å²) in [6, 6.07) is 0. The molecule has 0 N–H and O–H groups in total. The molecule has 0 atom stereocenters. The first-order chi connectivity index (χ1) is 15.5. The predicted molar refractivity (Wildman–Crippen MR) is 135 cm³/mol. The van der Waals surface area contributed by atoms with Gasteiger partial charge in [0.25, 0.3) is 0 Å². The number of esters is 2. The van der Waals surface area contributed by atoms with Crippen LogP contribution in [-0.2, 0) is 19.1 Å². The zero-order valence-corrected chi connectivity index (χ0v) is 21.4. The molecule has 0 fully saturated rings. The maximum atomic E-state index is 11.9. The molecule has 0 radical (unpaired) electrons. The molecule has 4 nitrogen and oxygen atoms in total. The minimum absolute atomic E-state index is 0.245. The van der Waals surface area contributed by atoms with E-state index >= 15 is 0 Å². The van der Waals surface area contributed by atoms with Gasteiger partial charge in [-0.25, -0.2) is 9.59 Å². The van der Waals surface area contributed by atoms with E-state index in [1.54, 1.807) is 19.9 Å². The molecule has 0 rings (SSSR count). The molecule has 186 valence electrons. The molecular weight excluding hydrogens is 400 g/mol. The number of ether oxygens (including phenoxy) is 2. The van der Waals surface area contributed by atoms with Gasteiger partial charge in [0.15, 0.2) is 0 Å². The van der Waals surface area contributed by atoms with Crippen molar-refractivity contribution in [2.75, 3.05) is 13.2 Å². The highest BCUT2D eigenvalue weighted by Crippen LogP contribution is 2.13. The van der Waals surface area contributed by atoms with Crippen molar-refractivity contribution >= 4 is 11.9 Å². The van der Waals surface area contributed by atoms with E-state index in [0.29, 0.717) is 24.2 Å². The number of carbonyl (C=O) groups excluding carboxylic acids is 2. The van der Waals surface area contributed by atoms with Crippen molar-refractivity contribution in [1.29, 1.82) is 0 Å². The molecule has 0 heterocycles. The lowest BCUT2D eigenvalue weighted by Gasteiger charge is -2.06. The highest BCUT2D eigenvalue weighted by atomic mass is 16.5. The fourth-order valence-electron chi connectivity index (χ4n) is 3.56. The molecule has 0 aromatic heterocycles. The Labute approximate surface area is 198 Å². The van der Waals surface area contributed by atoms with Gasteiger partial charge in [0.2, 0.25) is 0 Å². The molecular formula is C28H50O4. The van der Waals surface area contributed by atoms with Crippen LogP contribution in [0.25, 0.3) is 0 Å². The van der Waals surface area contributed by atoms with Gasteiger partial charge in [0.1, 0.15) is 0 Å². The van der Waals surface area contributed by atoms with Gasteiger partial charge >= 0.3 is 11.9 Å². The molecule has 4 heteroatoms. The van der Waals surface area contributed by atoms with Crippen LogP contribution in [0.2, 0.25) is 0 Å². The molecule has 0 amide bonds. The minimum Gasteiger partial charge on any atom is -0.462 e. The van der Waals surface area contributed by atoms with Crippen molar-refractivity contribution in [2.45, 2.75) is 130 Å². The molecule has 0 saturated carbocycles. The summed E-state index contributed by atoms with van der Waals surface area (Å²) in [6.45, 7) is 9.87. The maximum absolute atomic E-state index is 11.9. The lowest BCUT2D eigenvalue weighted by atomic mass is 10.0. The maximum Gasteiger partial charge on any atom is 0.333 e. The number of unbranched alkanes of at least 4 members (excludes halogenated alkanes) is 15. The fourth-order valence-corrected chi connectivity index (χ4v) is 3.56. The van der Waals surface area contributed by atoms with Gasteiger partial charge in [-0.05, 0) is 20.3 Å². The Morgan fingerprint density at radius 1 is 0.625 bits per heavy atom. The minimum atomic E-state index is -0.401. The zero-order chi connectivity index (χ0) is 23.9. The van der Waals surface area contributed by atoms with Crippen LogP contribution in [0, 0.1) is 0 Å². The lowest BCUT2D eigenvalue weighted by molar-refractivity contribution is -0.139. The Kier molecular flexibility index (Phi) is 21.5. The fraction of sp³-hybridized carbons (Fsp3) is 0.786. The lowest BCUT2D eigenvalue weighted by Crippen LogP contribution is -2.08. The highest BCUT2D eigenvalue weighted by Gasteiger charge is 2.06. The molecule has 0 aliphatic heterocycles. The van der Waals surface area contributed by atoms with Crippen molar-refractivity contribution in [3.8, 4) is 0 Å². The van der Waals surface area contributed by atoms with Crippen molar-refractivity contribution < 1.29 is 19.1 Å². The van der Waals surface area contributed by atoms with E-state index in [2.05, 4.69) is 13.5 Å². The number of hydrogen-bond donors (Lipinski definition) is 0. The van der Waals surface area contributed by atoms with Crippen LogP contribution in [0.15, 0.2) is 23.8 Å². The summed E-state index contributed by atoms with van der Waals surface area (Å²) >= 11 is 0. The molecule has 0 spiro atoms. The first-order valence-corrected chi connectivity index (χ1v) is 13.2. The Hall–Kier alpha value is -1.58. The average Bonchev–Trinajstić information content (AvgIpc) is 2.78. The van der Waals surface area contributed by atoms with Gasteiger partial charge in [0, 0.05) is 17.6 Å². The predicted octanol–water partition coefficient (Wildman–Crippen LogP) is 8.25. The van der Waals surface area contributed by atoms with E-state index in [1.165, 1.54) is 89.9 Å². The third-order valence-corrected chi connectivity index (χ3v) is 5.70. The Morgan fingerprint density at radius 3 is 1.47 bits per heavy atom. The molecule has 0 saturated heterocycles. The van der Waals surface area contributed by atoms with Crippen LogP contribution < -0.4 is 0 Å². The molecule has 0 aliphatic carbocycles. The highest BCUT2D eigenvalue weighted by molar-refractivity contribution is 5.88. The summed E-state index contributed by atoms with van der Waals surface area (Å²) in [5, 5.41) is 0. The van der Waals surface area contributed by atoms with Crippen molar-refractivity contribution in [3.63, 3.8) is 0 Å². The SMILES string of the molecule is C=C(C)C(=O)OCCC=C(C)C(=O)OCCCCCCCCCCCCCCCCCC. The number of carbonyl (C=O) groups is 2. The first-order valence-electron chi connectivity index (χ1n) is 13.2. The standard InChI is InChI=1S/C28H50O4/c1-5-6-7-8-9-10-11-12-13-14-15-16-17-18-19-20-23-32-28(30)26(4)22-21-24-31-27(29)25(2)3/h22H,2,5-21,23-24H2,1,3-4H3. The summed E-state index contributed by atoms with van der Waals surface area (Å²) in [5.41, 5.74) is 0.941. The number of rotatable bonds is 22. The molecule has 0 aromatic carbocycles. The normalized spacial score (nSPS) is 11.4. The quantitative estimate of drug-likeness (QED) is 0.0946. The van der Waals surface area contributed by atoms with E-state index < -0.39 is 5.97 Å². The summed E-state index contributed by atoms with van der Waals surface area (Å²) in [4.78, 5) is 23.2. The van der Waals surface area contributed by atoms with Crippen LogP contribution in [-0.4, -0.2) is 25.2 Å². The summed E-state index contributed by atoms with van der Waals surface area (Å²) in [6.07, 6.45) is 23.5. The number of hydrogen-bond acceptors (Lipinski definition) is 4. The van der Waals surface area contributed by atoms with Crippen LogP contribution in [0.5, 0.6) is 0 Å². The van der Waals surface area contributed by atoms with Gasteiger partial charge in [-0.15, -0.1) is 0 Å². The van der Waals surface area contributed by atoms with Gasteiger partial charge in [-0.1, -0.05) is 116 Å². The van der Waals surface area contributed by atoms with Crippen LogP contribution >= 0.6 is 0 Å². The molecule has 0 unspecified atom stereocenters. The smallest absolute Gasteiger partial charge is 0.333 e. The van der Waals surface area contributed by atoms with Crippen LogP contribution in [0.4, 0.5) is 0 Å². The summed E-state index contributed by atoms with van der Waals surface area (Å²) in [5.74, 6) is -0.681. The second-order valence-electron chi connectivity index (χ2n) is 9.03. The third kappa shape index (κ3) is 20.3. The van der Waals surface area contributed by atoms with Gasteiger partial charge in [-0.3, -0.25) is 0 Å². The Morgan fingerprint density at radius 2 is 1.03 bits per heavy atom. The van der Waals surface area contributed by atoms with Crippen molar-refractivity contribution in [3.05, 3.63) is 23.8 Å². The summed E-state index contributed by atoms with van der Waals surface area (Å²) < 4.78 is 10.3. The molecule has 0 aromatic rings. The van der Waals surface area contributed by atoms with Crippen molar-refractivity contribution in [1.82, 2.24) is 0 Å². The molecule has 32 heavy (non-hydrogen) atoms. The van der Waals surface area contributed by atoms with E-state index in [4.69, 9.17) is 9.47 Å². The first kappa shape index (κ1) is 30.4. The Balaban J connectivity index is 3.40. The Bertz CT molecular complexity index is 522. The monoisotopic (exact) mass is 450 g/mol. The topological polar surface area (TPSA) is 52.6 Å². The molecule has 0 bridgehead atoms. The van der Waals surface area contributed by atoms with Crippen LogP contribution in [0.1, 0.15) is 130 Å².